The third-order valence-corrected chi connectivity index (χ3v) is 12.1. The minimum Gasteiger partial charge on any atom is -0.748 e. The molecule has 0 spiro atoms. The molecule has 1 heterocycles. The minimum atomic E-state index is -4.51. The van der Waals surface area contributed by atoms with Crippen molar-refractivity contribution in [1.29, 1.82) is 0 Å². The topological polar surface area (TPSA) is 104 Å². The number of ether oxygens (including phenoxy) is 4. The van der Waals surface area contributed by atoms with Gasteiger partial charge in [0.05, 0.1) is 49.9 Å². The van der Waals surface area contributed by atoms with Gasteiger partial charge < -0.3 is 38.2 Å². The van der Waals surface area contributed by atoms with E-state index in [9.17, 15) is 13.0 Å². The normalized spacial score (nSPS) is 12.4. The Morgan fingerprint density at radius 2 is 0.842 bits per heavy atom. The molecule has 0 N–H and O–H groups in total. The summed E-state index contributed by atoms with van der Waals surface area (Å²) in [5.74, 6) is 2.96. The van der Waals surface area contributed by atoms with Crippen LogP contribution >= 0.6 is 11.8 Å². The standard InChI is InChI=1S/C44H43N3O7S2.Cs/c1-30(56(48,49)50)26-27-45-41-28-35(46(31-6-16-37(51-2)17-7-31)32-8-18-38(52-3)19-9-32)14-24-43(41)55-44-25-15-36(29-42(44)45)47(33-10-20-39(53-4)21-11-33)34-12-22-40(54-5)23-13-34;/h6-25,28-30H,26-27H2,1-5H3,(H,48,49,50);/q;+1/p-1. The summed E-state index contributed by atoms with van der Waals surface area (Å²) in [6.45, 7) is 1.76. The second kappa shape index (κ2) is 18.9. The molecule has 0 saturated carbocycles. The number of anilines is 8. The summed E-state index contributed by atoms with van der Waals surface area (Å²) >= 11 is 1.65. The molecule has 0 fully saturated rings. The average Bonchev–Trinajstić information content (AvgIpc) is 3.23. The molecular weight excluding hydrogens is 880 g/mol. The fraction of sp³-hybridized carbons (Fsp3) is 0.182. The third-order valence-electron chi connectivity index (χ3n) is 9.78. The van der Waals surface area contributed by atoms with Crippen molar-refractivity contribution in [3.05, 3.63) is 133 Å². The van der Waals surface area contributed by atoms with Gasteiger partial charge >= 0.3 is 68.9 Å². The predicted octanol–water partition coefficient (Wildman–Crippen LogP) is 7.59. The van der Waals surface area contributed by atoms with Crippen molar-refractivity contribution in [1.82, 2.24) is 0 Å². The van der Waals surface area contributed by atoms with Crippen LogP contribution in [0.25, 0.3) is 0 Å². The van der Waals surface area contributed by atoms with Crippen molar-refractivity contribution in [2.24, 2.45) is 0 Å². The van der Waals surface area contributed by atoms with Crippen molar-refractivity contribution in [3.63, 3.8) is 0 Å². The van der Waals surface area contributed by atoms with Gasteiger partial charge in [-0.1, -0.05) is 11.8 Å². The molecule has 13 heteroatoms. The third kappa shape index (κ3) is 9.59. The molecule has 57 heavy (non-hydrogen) atoms. The van der Waals surface area contributed by atoms with Crippen LogP contribution in [0, 0.1) is 0 Å². The Kier molecular flexibility index (Phi) is 14.2. The number of benzene rings is 6. The maximum atomic E-state index is 12.2. The first kappa shape index (κ1) is 42.8. The van der Waals surface area contributed by atoms with Crippen LogP contribution in [0.3, 0.4) is 0 Å². The Morgan fingerprint density at radius 1 is 0.544 bits per heavy atom. The van der Waals surface area contributed by atoms with E-state index in [4.69, 9.17) is 18.9 Å². The Morgan fingerprint density at radius 3 is 1.12 bits per heavy atom. The van der Waals surface area contributed by atoms with E-state index in [2.05, 4.69) is 51.1 Å². The first-order valence-electron chi connectivity index (χ1n) is 17.9. The molecule has 0 radical (unpaired) electrons. The molecule has 6 aromatic carbocycles. The van der Waals surface area contributed by atoms with Gasteiger partial charge in [0.2, 0.25) is 0 Å². The van der Waals surface area contributed by atoms with Crippen LogP contribution in [-0.4, -0.2) is 53.2 Å². The van der Waals surface area contributed by atoms with Crippen LogP contribution in [0.4, 0.5) is 45.5 Å². The minimum absolute atomic E-state index is 0. The SMILES string of the molecule is COc1ccc(N(c2ccc(OC)cc2)c2ccc3c(c2)N(CCC(C)S(=O)(=O)[O-])c2cc(N(c4ccc(OC)cc4)c4ccc(OC)cc4)ccc2S3)cc1.[Cs+]. The molecule has 0 saturated heterocycles. The summed E-state index contributed by atoms with van der Waals surface area (Å²) in [5.41, 5.74) is 7.19. The van der Waals surface area contributed by atoms with Crippen molar-refractivity contribution < 1.29 is 101 Å². The monoisotopic (exact) mass is 921 g/mol. The molecule has 0 amide bonds. The molecule has 0 bridgehead atoms. The molecule has 10 nitrogen and oxygen atoms in total. The summed E-state index contributed by atoms with van der Waals surface area (Å²) in [6.07, 6.45) is 0.130. The predicted molar refractivity (Wildman–Crippen MR) is 223 cm³/mol. The number of methoxy groups -OCH3 is 4. The Bertz CT molecular complexity index is 2160. The second-order valence-corrected chi connectivity index (χ2v) is 16.0. The molecule has 1 aliphatic heterocycles. The van der Waals surface area contributed by atoms with Crippen LogP contribution in [0.5, 0.6) is 23.0 Å². The van der Waals surface area contributed by atoms with Gasteiger partial charge in [0.25, 0.3) is 0 Å². The zero-order valence-corrected chi connectivity index (χ0v) is 40.6. The van der Waals surface area contributed by atoms with E-state index >= 15 is 0 Å². The molecule has 0 aromatic heterocycles. The first-order chi connectivity index (χ1) is 27.1. The van der Waals surface area contributed by atoms with Gasteiger partial charge in [-0.2, -0.15) is 0 Å². The fourth-order valence-electron chi connectivity index (χ4n) is 6.65. The van der Waals surface area contributed by atoms with Gasteiger partial charge in [0.15, 0.2) is 0 Å². The van der Waals surface area contributed by atoms with E-state index < -0.39 is 15.4 Å². The maximum Gasteiger partial charge on any atom is 1.00 e. The Balaban J connectivity index is 0.00000549. The van der Waals surface area contributed by atoms with E-state index in [-0.39, 0.29) is 81.9 Å². The Labute approximate surface area is 397 Å². The van der Waals surface area contributed by atoms with Gasteiger partial charge in [-0.05, 0) is 147 Å². The zero-order valence-electron chi connectivity index (χ0n) is 32.7. The summed E-state index contributed by atoms with van der Waals surface area (Å²) < 4.78 is 58.3. The van der Waals surface area contributed by atoms with E-state index in [1.165, 1.54) is 6.92 Å². The number of nitrogens with zero attached hydrogens (tertiary/aromatic N) is 3. The van der Waals surface area contributed by atoms with E-state index in [1.54, 1.807) is 40.2 Å². The molecule has 1 unspecified atom stereocenters. The van der Waals surface area contributed by atoms with Crippen LogP contribution < -0.4 is 103 Å². The smallest absolute Gasteiger partial charge is 0.748 e. The van der Waals surface area contributed by atoms with Crippen molar-refractivity contribution in [3.8, 4) is 23.0 Å². The summed E-state index contributed by atoms with van der Waals surface area (Å²) in [7, 11) is 2.05. The molecule has 6 aromatic rings. The Hall–Kier alpha value is -3.77. The van der Waals surface area contributed by atoms with Crippen LogP contribution in [0.2, 0.25) is 0 Å². The van der Waals surface area contributed by atoms with Gasteiger partial charge in [0, 0.05) is 55.7 Å². The summed E-state index contributed by atoms with van der Waals surface area (Å²) in [4.78, 5) is 8.43. The number of fused-ring (bicyclic) bond motifs is 2. The fourth-order valence-corrected chi connectivity index (χ4v) is 8.10. The first-order valence-corrected chi connectivity index (χ1v) is 20.2. The second-order valence-electron chi connectivity index (χ2n) is 13.1. The van der Waals surface area contributed by atoms with Gasteiger partial charge in [-0.25, -0.2) is 8.42 Å². The maximum absolute atomic E-state index is 12.2. The summed E-state index contributed by atoms with van der Waals surface area (Å²) in [6, 6.07) is 44.0. The van der Waals surface area contributed by atoms with Gasteiger partial charge in [0.1, 0.15) is 23.0 Å². The van der Waals surface area contributed by atoms with Crippen LogP contribution in [-0.2, 0) is 10.1 Å². The van der Waals surface area contributed by atoms with E-state index in [0.717, 1.165) is 78.3 Å². The quantitative estimate of drug-likeness (QED) is 0.101. The van der Waals surface area contributed by atoms with Crippen molar-refractivity contribution >= 4 is 67.4 Å². The van der Waals surface area contributed by atoms with Crippen molar-refractivity contribution in [2.45, 2.75) is 28.4 Å². The van der Waals surface area contributed by atoms with Crippen LogP contribution in [0.1, 0.15) is 13.3 Å². The zero-order chi connectivity index (χ0) is 39.4. The molecule has 288 valence electrons. The summed E-state index contributed by atoms with van der Waals surface area (Å²) in [5, 5.41) is -1.08. The molecule has 1 aliphatic rings. The molecule has 1 atom stereocenters. The molecular formula is C44H42CsN3O7S2. The number of hydrogen-bond acceptors (Lipinski definition) is 11. The molecule has 7 rings (SSSR count). The average molecular weight is 922 g/mol. The number of rotatable bonds is 14. The number of hydrogen-bond donors (Lipinski definition) is 0. The van der Waals surface area contributed by atoms with E-state index in [0.29, 0.717) is 0 Å². The van der Waals surface area contributed by atoms with Crippen LogP contribution in [0.15, 0.2) is 143 Å². The molecule has 0 aliphatic carbocycles. The van der Waals surface area contributed by atoms with Gasteiger partial charge in [-0.3, -0.25) is 0 Å². The van der Waals surface area contributed by atoms with Gasteiger partial charge in [-0.15, -0.1) is 0 Å². The van der Waals surface area contributed by atoms with E-state index in [1.807, 2.05) is 97.1 Å². The van der Waals surface area contributed by atoms with Crippen molar-refractivity contribution in [2.75, 3.05) is 49.7 Å². The largest absolute Gasteiger partial charge is 1.00 e.